The van der Waals surface area contributed by atoms with E-state index in [1.807, 2.05) is 54.6 Å². The van der Waals surface area contributed by atoms with E-state index in [1.165, 1.54) is 5.56 Å². The van der Waals surface area contributed by atoms with Crippen LogP contribution < -0.4 is 5.32 Å². The molecular formula is C25H21N3O. The molecule has 1 amide bonds. The van der Waals surface area contributed by atoms with Crippen molar-refractivity contribution in [2.24, 2.45) is 0 Å². The van der Waals surface area contributed by atoms with Crippen LogP contribution in [-0.2, 0) is 17.8 Å². The Hall–Kier alpha value is -3.79. The van der Waals surface area contributed by atoms with Crippen molar-refractivity contribution >= 4 is 5.91 Å². The molecule has 4 rings (SSSR count). The van der Waals surface area contributed by atoms with Gasteiger partial charge < -0.3 is 5.32 Å². The number of hydrogen-bond donors (Lipinski definition) is 1. The van der Waals surface area contributed by atoms with E-state index in [-0.39, 0.29) is 5.91 Å². The molecular weight excluding hydrogens is 358 g/mol. The summed E-state index contributed by atoms with van der Waals surface area (Å²) in [7, 11) is 0. The Balaban J connectivity index is 1.35. The van der Waals surface area contributed by atoms with E-state index in [4.69, 9.17) is 0 Å². The number of nitrogens with one attached hydrogen (secondary N) is 1. The van der Waals surface area contributed by atoms with Crippen LogP contribution in [0.1, 0.15) is 11.1 Å². The van der Waals surface area contributed by atoms with Gasteiger partial charge in [-0.3, -0.25) is 14.8 Å². The zero-order valence-corrected chi connectivity index (χ0v) is 16.0. The van der Waals surface area contributed by atoms with Gasteiger partial charge in [0.15, 0.2) is 0 Å². The minimum Gasteiger partial charge on any atom is -0.352 e. The highest BCUT2D eigenvalue weighted by Crippen LogP contribution is 2.19. The van der Waals surface area contributed by atoms with Gasteiger partial charge in [0.1, 0.15) is 0 Å². The van der Waals surface area contributed by atoms with Gasteiger partial charge in [-0.05, 0) is 46.5 Å². The molecule has 0 aliphatic heterocycles. The van der Waals surface area contributed by atoms with E-state index in [0.717, 1.165) is 27.9 Å². The summed E-state index contributed by atoms with van der Waals surface area (Å²) in [6.45, 7) is 0.474. The predicted molar refractivity (Wildman–Crippen MR) is 115 cm³/mol. The van der Waals surface area contributed by atoms with Crippen LogP contribution in [0.4, 0.5) is 0 Å². The molecule has 0 saturated heterocycles. The lowest BCUT2D eigenvalue weighted by Crippen LogP contribution is -2.24. The van der Waals surface area contributed by atoms with Crippen molar-refractivity contribution in [1.29, 1.82) is 0 Å². The monoisotopic (exact) mass is 379 g/mol. The van der Waals surface area contributed by atoms with Crippen molar-refractivity contribution in [1.82, 2.24) is 15.3 Å². The molecule has 0 fully saturated rings. The number of aromatic nitrogens is 2. The maximum absolute atomic E-state index is 12.4. The summed E-state index contributed by atoms with van der Waals surface area (Å²) in [5, 5.41) is 2.99. The number of amides is 1. The van der Waals surface area contributed by atoms with Gasteiger partial charge in [-0.1, -0.05) is 54.6 Å². The Morgan fingerprint density at radius 2 is 1.45 bits per heavy atom. The molecule has 4 aromatic rings. The van der Waals surface area contributed by atoms with Crippen molar-refractivity contribution < 1.29 is 4.79 Å². The van der Waals surface area contributed by atoms with E-state index in [2.05, 4.69) is 39.6 Å². The van der Waals surface area contributed by atoms with Gasteiger partial charge in [0.25, 0.3) is 0 Å². The molecule has 0 bridgehead atoms. The Morgan fingerprint density at radius 3 is 2.21 bits per heavy atom. The maximum Gasteiger partial charge on any atom is 0.224 e. The maximum atomic E-state index is 12.4. The minimum atomic E-state index is -0.000246. The highest BCUT2D eigenvalue weighted by molar-refractivity contribution is 5.79. The standard InChI is InChI=1S/C25H21N3O/c29-25(17-19-6-8-22(9-7-19)21-4-2-1-3-5-21)28-18-20-10-15-27-24(16-20)23-11-13-26-14-12-23/h1-16H,17-18H2,(H,28,29). The summed E-state index contributed by atoms with van der Waals surface area (Å²) in [6, 6.07) is 26.1. The van der Waals surface area contributed by atoms with Crippen molar-refractivity contribution in [3.8, 4) is 22.4 Å². The van der Waals surface area contributed by atoms with Crippen LogP contribution in [0, 0.1) is 0 Å². The van der Waals surface area contributed by atoms with Crippen molar-refractivity contribution in [2.75, 3.05) is 0 Å². The third-order valence-electron chi connectivity index (χ3n) is 4.72. The average molecular weight is 379 g/mol. The molecule has 2 heterocycles. The molecule has 4 nitrogen and oxygen atoms in total. The fraction of sp³-hybridized carbons (Fsp3) is 0.0800. The molecule has 2 aromatic heterocycles. The first-order valence-electron chi connectivity index (χ1n) is 9.54. The number of hydrogen-bond acceptors (Lipinski definition) is 3. The first-order chi connectivity index (χ1) is 14.3. The second-order valence-electron chi connectivity index (χ2n) is 6.80. The molecule has 2 aromatic carbocycles. The van der Waals surface area contributed by atoms with E-state index in [9.17, 15) is 4.79 Å². The first kappa shape index (κ1) is 18.6. The Kier molecular flexibility index (Phi) is 5.72. The minimum absolute atomic E-state index is 0.000246. The highest BCUT2D eigenvalue weighted by atomic mass is 16.1. The number of rotatable bonds is 6. The molecule has 0 unspecified atom stereocenters. The van der Waals surface area contributed by atoms with Crippen molar-refractivity contribution in [3.63, 3.8) is 0 Å². The molecule has 1 N–H and O–H groups in total. The number of benzene rings is 2. The highest BCUT2D eigenvalue weighted by Gasteiger charge is 2.06. The molecule has 29 heavy (non-hydrogen) atoms. The zero-order valence-electron chi connectivity index (χ0n) is 16.0. The molecule has 0 atom stereocenters. The Labute approximate surface area is 170 Å². The summed E-state index contributed by atoms with van der Waals surface area (Å²) < 4.78 is 0. The lowest BCUT2D eigenvalue weighted by atomic mass is 10.0. The zero-order chi connectivity index (χ0) is 19.9. The normalized spacial score (nSPS) is 10.5. The summed E-state index contributed by atoms with van der Waals surface area (Å²) in [6.07, 6.45) is 5.61. The van der Waals surface area contributed by atoms with Crippen LogP contribution in [0.15, 0.2) is 97.5 Å². The second-order valence-corrected chi connectivity index (χ2v) is 6.80. The van der Waals surface area contributed by atoms with Gasteiger partial charge in [-0.2, -0.15) is 0 Å². The van der Waals surface area contributed by atoms with E-state index in [0.29, 0.717) is 13.0 Å². The first-order valence-corrected chi connectivity index (χ1v) is 9.54. The molecule has 0 aliphatic rings. The van der Waals surface area contributed by atoms with Gasteiger partial charge in [0.2, 0.25) is 5.91 Å². The van der Waals surface area contributed by atoms with Crippen LogP contribution in [0.5, 0.6) is 0 Å². The third-order valence-corrected chi connectivity index (χ3v) is 4.72. The van der Waals surface area contributed by atoms with Crippen LogP contribution in [0.3, 0.4) is 0 Å². The summed E-state index contributed by atoms with van der Waals surface area (Å²) in [5.41, 5.74) is 6.21. The second kappa shape index (κ2) is 8.93. The van der Waals surface area contributed by atoms with E-state index >= 15 is 0 Å². The number of carbonyl (C=O) groups excluding carboxylic acids is 1. The van der Waals surface area contributed by atoms with Crippen molar-refractivity contribution in [3.05, 3.63) is 109 Å². The van der Waals surface area contributed by atoms with Gasteiger partial charge in [0.05, 0.1) is 12.1 Å². The van der Waals surface area contributed by atoms with Crippen LogP contribution in [0.2, 0.25) is 0 Å². The molecule has 142 valence electrons. The topological polar surface area (TPSA) is 54.9 Å². The van der Waals surface area contributed by atoms with Crippen LogP contribution >= 0.6 is 0 Å². The smallest absolute Gasteiger partial charge is 0.224 e. The Morgan fingerprint density at radius 1 is 0.724 bits per heavy atom. The largest absolute Gasteiger partial charge is 0.352 e. The molecule has 0 radical (unpaired) electrons. The summed E-state index contributed by atoms with van der Waals surface area (Å²) in [4.78, 5) is 20.8. The van der Waals surface area contributed by atoms with Crippen LogP contribution in [0.25, 0.3) is 22.4 Å². The van der Waals surface area contributed by atoms with Gasteiger partial charge >= 0.3 is 0 Å². The van der Waals surface area contributed by atoms with Gasteiger partial charge in [-0.25, -0.2) is 0 Å². The summed E-state index contributed by atoms with van der Waals surface area (Å²) in [5.74, 6) is -0.000246. The number of nitrogens with zero attached hydrogens (tertiary/aromatic N) is 2. The number of pyridine rings is 2. The van der Waals surface area contributed by atoms with Gasteiger partial charge in [-0.15, -0.1) is 0 Å². The van der Waals surface area contributed by atoms with Gasteiger partial charge in [0, 0.05) is 30.7 Å². The number of carbonyl (C=O) groups is 1. The predicted octanol–water partition coefficient (Wildman–Crippen LogP) is 4.67. The molecule has 0 saturated carbocycles. The average Bonchev–Trinajstić information content (AvgIpc) is 2.80. The van der Waals surface area contributed by atoms with E-state index < -0.39 is 0 Å². The summed E-state index contributed by atoms with van der Waals surface area (Å²) >= 11 is 0. The molecule has 0 aliphatic carbocycles. The lowest BCUT2D eigenvalue weighted by Gasteiger charge is -2.08. The SMILES string of the molecule is O=C(Cc1ccc(-c2ccccc2)cc1)NCc1ccnc(-c2ccncc2)c1. The van der Waals surface area contributed by atoms with Crippen molar-refractivity contribution in [2.45, 2.75) is 13.0 Å². The van der Waals surface area contributed by atoms with E-state index in [1.54, 1.807) is 18.6 Å². The lowest BCUT2D eigenvalue weighted by molar-refractivity contribution is -0.120. The third kappa shape index (κ3) is 4.93. The molecule has 4 heteroatoms. The fourth-order valence-electron chi connectivity index (χ4n) is 3.16. The fourth-order valence-corrected chi connectivity index (χ4v) is 3.16. The molecule has 0 spiro atoms. The Bertz CT molecular complexity index is 1080. The quantitative estimate of drug-likeness (QED) is 0.530. The van der Waals surface area contributed by atoms with Crippen LogP contribution in [-0.4, -0.2) is 15.9 Å².